The first-order valence-electron chi connectivity index (χ1n) is 6.64. The van der Waals surface area contributed by atoms with E-state index in [0.29, 0.717) is 17.3 Å². The van der Waals surface area contributed by atoms with Gasteiger partial charge in [0.05, 0.1) is 11.6 Å². The molecular formula is C17H14ClNO2. The molecule has 0 saturated heterocycles. The van der Waals surface area contributed by atoms with E-state index in [-0.39, 0.29) is 6.08 Å². The monoisotopic (exact) mass is 299 g/mol. The minimum Gasteiger partial charge on any atom is -0.417 e. The van der Waals surface area contributed by atoms with Crippen LogP contribution in [0.4, 0.5) is 0 Å². The maximum atomic E-state index is 5.66. The van der Waals surface area contributed by atoms with Gasteiger partial charge in [-0.1, -0.05) is 42.5 Å². The number of aromatic nitrogens is 1. The van der Waals surface area contributed by atoms with Crippen molar-refractivity contribution in [2.24, 2.45) is 0 Å². The van der Waals surface area contributed by atoms with Gasteiger partial charge in [-0.25, -0.2) is 0 Å². The van der Waals surface area contributed by atoms with Crippen LogP contribution in [0.5, 0.6) is 11.8 Å². The molecule has 3 rings (SSSR count). The third kappa shape index (κ3) is 3.64. The van der Waals surface area contributed by atoms with Gasteiger partial charge in [0.2, 0.25) is 0 Å². The lowest BCUT2D eigenvalue weighted by molar-refractivity contribution is 0.330. The van der Waals surface area contributed by atoms with Gasteiger partial charge in [-0.2, -0.15) is 4.98 Å². The Morgan fingerprint density at radius 1 is 0.952 bits per heavy atom. The van der Waals surface area contributed by atoms with Gasteiger partial charge < -0.3 is 9.15 Å². The maximum absolute atomic E-state index is 5.66. The van der Waals surface area contributed by atoms with Crippen molar-refractivity contribution in [1.82, 2.24) is 4.98 Å². The van der Waals surface area contributed by atoms with Crippen molar-refractivity contribution in [3.63, 3.8) is 0 Å². The minimum atomic E-state index is 0.210. The zero-order valence-corrected chi connectivity index (χ0v) is 12.1. The van der Waals surface area contributed by atoms with Crippen molar-refractivity contribution in [2.45, 2.75) is 12.3 Å². The van der Waals surface area contributed by atoms with E-state index in [0.717, 1.165) is 6.42 Å². The molecule has 0 spiro atoms. The number of nitrogens with zero attached hydrogens (tertiary/aromatic N) is 1. The molecule has 0 N–H and O–H groups in total. The third-order valence-electron chi connectivity index (χ3n) is 3.05. The summed E-state index contributed by atoms with van der Waals surface area (Å²) in [6.45, 7) is 0. The summed E-state index contributed by atoms with van der Waals surface area (Å²) in [5.41, 5.74) is 3.17. The SMILES string of the molecule is ClCc1coc(Oc2ccc(Cc3ccccc3)cc2)n1. The molecule has 1 aromatic heterocycles. The fourth-order valence-electron chi connectivity index (χ4n) is 2.00. The molecule has 3 nitrogen and oxygen atoms in total. The molecule has 0 atom stereocenters. The van der Waals surface area contributed by atoms with Crippen molar-refractivity contribution < 1.29 is 9.15 Å². The standard InChI is InChI=1S/C17H14ClNO2/c18-11-15-12-20-17(19-15)21-16-8-6-14(7-9-16)10-13-4-2-1-3-5-13/h1-9,12H,10-11H2. The topological polar surface area (TPSA) is 35.3 Å². The summed E-state index contributed by atoms with van der Waals surface area (Å²) in [7, 11) is 0. The van der Waals surface area contributed by atoms with E-state index < -0.39 is 0 Å². The van der Waals surface area contributed by atoms with Gasteiger partial charge in [-0.3, -0.25) is 0 Å². The van der Waals surface area contributed by atoms with Crippen LogP contribution in [0.3, 0.4) is 0 Å². The second-order valence-corrected chi connectivity index (χ2v) is 4.91. The summed E-state index contributed by atoms with van der Waals surface area (Å²) in [5.74, 6) is 0.998. The van der Waals surface area contributed by atoms with Crippen molar-refractivity contribution in [1.29, 1.82) is 0 Å². The van der Waals surface area contributed by atoms with Crippen LogP contribution >= 0.6 is 11.6 Å². The molecule has 0 aliphatic carbocycles. The summed E-state index contributed by atoms with van der Waals surface area (Å²) in [5, 5.41) is 0. The van der Waals surface area contributed by atoms with Gasteiger partial charge in [0.15, 0.2) is 0 Å². The highest BCUT2D eigenvalue weighted by atomic mass is 35.5. The van der Waals surface area contributed by atoms with Crippen LogP contribution in [0.1, 0.15) is 16.8 Å². The number of benzene rings is 2. The maximum Gasteiger partial charge on any atom is 0.399 e. The Hall–Kier alpha value is -2.26. The Kier molecular flexibility index (Phi) is 4.22. The van der Waals surface area contributed by atoms with Gasteiger partial charge in [0.1, 0.15) is 12.0 Å². The summed E-state index contributed by atoms with van der Waals surface area (Å²) < 4.78 is 10.7. The smallest absolute Gasteiger partial charge is 0.399 e. The molecular weight excluding hydrogens is 286 g/mol. The van der Waals surface area contributed by atoms with E-state index in [1.807, 2.05) is 42.5 Å². The highest BCUT2D eigenvalue weighted by Crippen LogP contribution is 2.22. The largest absolute Gasteiger partial charge is 0.417 e. The van der Waals surface area contributed by atoms with Gasteiger partial charge in [-0.15, -0.1) is 11.6 Å². The lowest BCUT2D eigenvalue weighted by Crippen LogP contribution is -1.89. The van der Waals surface area contributed by atoms with Crippen LogP contribution in [0.25, 0.3) is 0 Å². The zero-order valence-electron chi connectivity index (χ0n) is 11.3. The Bertz CT molecular complexity index is 692. The highest BCUT2D eigenvalue weighted by molar-refractivity contribution is 6.16. The molecule has 3 aromatic rings. The average Bonchev–Trinajstić information content (AvgIpc) is 2.98. The fraction of sp³-hybridized carbons (Fsp3) is 0.118. The van der Waals surface area contributed by atoms with E-state index >= 15 is 0 Å². The molecule has 21 heavy (non-hydrogen) atoms. The van der Waals surface area contributed by atoms with Crippen LogP contribution < -0.4 is 4.74 Å². The highest BCUT2D eigenvalue weighted by Gasteiger charge is 2.05. The molecule has 0 saturated carbocycles. The molecule has 0 amide bonds. The fourth-order valence-corrected chi connectivity index (χ4v) is 2.13. The number of hydrogen-bond donors (Lipinski definition) is 0. The van der Waals surface area contributed by atoms with Crippen LogP contribution in [0.15, 0.2) is 65.3 Å². The van der Waals surface area contributed by atoms with Crippen molar-refractivity contribution in [3.8, 4) is 11.8 Å². The molecule has 0 aliphatic heterocycles. The molecule has 0 unspecified atom stereocenters. The zero-order chi connectivity index (χ0) is 14.5. The van der Waals surface area contributed by atoms with Crippen LogP contribution in [0, 0.1) is 0 Å². The predicted octanol–water partition coefficient (Wildman–Crippen LogP) is 4.80. The lowest BCUT2D eigenvalue weighted by atomic mass is 10.1. The first kappa shape index (κ1) is 13.7. The summed E-state index contributed by atoms with van der Waals surface area (Å²) in [4.78, 5) is 4.09. The number of oxazole rings is 1. The lowest BCUT2D eigenvalue weighted by Gasteiger charge is -2.04. The van der Waals surface area contributed by atoms with Gasteiger partial charge in [0, 0.05) is 0 Å². The predicted molar refractivity (Wildman–Crippen MR) is 81.8 cm³/mol. The van der Waals surface area contributed by atoms with E-state index in [9.17, 15) is 0 Å². The summed E-state index contributed by atoms with van der Waals surface area (Å²) in [6.07, 6.45) is 2.60. The molecule has 106 valence electrons. The third-order valence-corrected chi connectivity index (χ3v) is 3.32. The van der Waals surface area contributed by atoms with Gasteiger partial charge in [-0.05, 0) is 29.7 Å². The number of rotatable bonds is 5. The molecule has 0 fully saturated rings. The number of alkyl halides is 1. The van der Waals surface area contributed by atoms with Crippen molar-refractivity contribution in [3.05, 3.63) is 77.7 Å². The Morgan fingerprint density at radius 2 is 1.67 bits per heavy atom. The second-order valence-electron chi connectivity index (χ2n) is 4.65. The minimum absolute atomic E-state index is 0.210. The Morgan fingerprint density at radius 3 is 2.33 bits per heavy atom. The summed E-state index contributed by atoms with van der Waals surface area (Å²) in [6, 6.07) is 18.2. The molecule has 2 aromatic carbocycles. The van der Waals surface area contributed by atoms with Crippen LogP contribution in [-0.4, -0.2) is 4.98 Å². The van der Waals surface area contributed by atoms with Gasteiger partial charge >= 0.3 is 6.08 Å². The number of halogens is 1. The number of ether oxygens (including phenoxy) is 1. The van der Waals surface area contributed by atoms with Crippen molar-refractivity contribution >= 4 is 11.6 Å². The summed E-state index contributed by atoms with van der Waals surface area (Å²) >= 11 is 5.66. The van der Waals surface area contributed by atoms with E-state index in [2.05, 4.69) is 17.1 Å². The number of hydrogen-bond acceptors (Lipinski definition) is 3. The Labute approximate surface area is 128 Å². The first-order valence-corrected chi connectivity index (χ1v) is 7.18. The Balaban J connectivity index is 1.66. The van der Waals surface area contributed by atoms with E-state index in [1.54, 1.807) is 0 Å². The average molecular weight is 300 g/mol. The molecule has 1 heterocycles. The molecule has 4 heteroatoms. The van der Waals surface area contributed by atoms with E-state index in [4.69, 9.17) is 20.8 Å². The quantitative estimate of drug-likeness (QED) is 0.635. The van der Waals surface area contributed by atoms with Crippen LogP contribution in [-0.2, 0) is 12.3 Å². The van der Waals surface area contributed by atoms with Gasteiger partial charge in [0.25, 0.3) is 0 Å². The van der Waals surface area contributed by atoms with Crippen LogP contribution in [0.2, 0.25) is 0 Å². The van der Waals surface area contributed by atoms with E-state index in [1.165, 1.54) is 17.4 Å². The molecule has 0 radical (unpaired) electrons. The molecule has 0 aliphatic rings. The molecule has 0 bridgehead atoms. The second kappa shape index (κ2) is 6.46. The first-order chi connectivity index (χ1) is 10.3. The normalized spacial score (nSPS) is 10.5. The van der Waals surface area contributed by atoms with Crippen molar-refractivity contribution in [2.75, 3.05) is 0 Å².